The Balaban J connectivity index is 2.58. The van der Waals surface area contributed by atoms with Crippen molar-refractivity contribution in [2.45, 2.75) is 39.7 Å². The van der Waals surface area contributed by atoms with Crippen LogP contribution in [-0.4, -0.2) is 36.5 Å². The predicted molar refractivity (Wildman–Crippen MR) is 62.7 cm³/mol. The average Bonchev–Trinajstić information content (AvgIpc) is 2.65. The summed E-state index contributed by atoms with van der Waals surface area (Å²) in [7, 11) is 1.84. The van der Waals surface area contributed by atoms with Gasteiger partial charge in [-0.25, -0.2) is 0 Å². The number of amides is 1. The number of likely N-dealkylation sites (tertiary alicyclic amines) is 1. The third kappa shape index (κ3) is 2.71. The van der Waals surface area contributed by atoms with E-state index in [1.54, 1.807) is 0 Å². The predicted octanol–water partition coefficient (Wildman–Crippen LogP) is 1.49. The number of nitrogens with one attached hydrogen (secondary N) is 1. The molecule has 1 aliphatic heterocycles. The van der Waals surface area contributed by atoms with Gasteiger partial charge in [0.2, 0.25) is 5.91 Å². The fraction of sp³-hybridized carbons (Fsp3) is 0.917. The lowest BCUT2D eigenvalue weighted by Crippen LogP contribution is -2.52. The fourth-order valence-electron chi connectivity index (χ4n) is 2.02. The summed E-state index contributed by atoms with van der Waals surface area (Å²) < 4.78 is 0. The molecule has 0 saturated carbocycles. The lowest BCUT2D eigenvalue weighted by molar-refractivity contribution is -0.136. The first-order chi connectivity index (χ1) is 6.88. The molecule has 1 saturated heterocycles. The highest BCUT2D eigenvalue weighted by molar-refractivity contribution is 5.85. The zero-order valence-electron chi connectivity index (χ0n) is 10.6. The van der Waals surface area contributed by atoms with Crippen molar-refractivity contribution in [2.75, 3.05) is 20.1 Å². The minimum atomic E-state index is -0.425. The molecule has 1 N–H and O–H groups in total. The summed E-state index contributed by atoms with van der Waals surface area (Å²) in [5.74, 6) is 1.59. The molecule has 0 aliphatic carbocycles. The van der Waals surface area contributed by atoms with E-state index in [1.165, 1.54) is 0 Å². The number of likely N-dealkylation sites (N-methyl/N-ethyl adjacent to an activating group) is 1. The van der Waals surface area contributed by atoms with E-state index in [9.17, 15) is 4.79 Å². The lowest BCUT2D eigenvalue weighted by Gasteiger charge is -2.29. The van der Waals surface area contributed by atoms with Gasteiger partial charge in [-0.3, -0.25) is 4.79 Å². The molecule has 0 radical (unpaired) electrons. The molecule has 0 aromatic rings. The molecule has 0 aromatic heterocycles. The molecule has 3 heteroatoms. The van der Waals surface area contributed by atoms with Gasteiger partial charge in [-0.15, -0.1) is 0 Å². The highest BCUT2D eigenvalue weighted by Gasteiger charge is 2.35. The number of hydrogen-bond donors (Lipinski definition) is 1. The second-order valence-corrected chi connectivity index (χ2v) is 5.42. The van der Waals surface area contributed by atoms with Gasteiger partial charge in [0.05, 0.1) is 5.54 Å². The Morgan fingerprint density at radius 3 is 2.47 bits per heavy atom. The number of nitrogens with zero attached hydrogens (tertiary/aromatic N) is 1. The molecule has 0 spiro atoms. The molecule has 1 heterocycles. The lowest BCUT2D eigenvalue weighted by atomic mass is 9.95. The molecule has 15 heavy (non-hydrogen) atoms. The Labute approximate surface area is 93.2 Å². The number of rotatable bonds is 3. The van der Waals surface area contributed by atoms with Crippen molar-refractivity contribution in [3.8, 4) is 0 Å². The van der Waals surface area contributed by atoms with E-state index in [0.29, 0.717) is 11.8 Å². The maximum atomic E-state index is 12.1. The van der Waals surface area contributed by atoms with Crippen LogP contribution < -0.4 is 5.32 Å². The normalized spacial score (nSPS) is 22.5. The van der Waals surface area contributed by atoms with Crippen LogP contribution in [0.1, 0.15) is 34.1 Å². The molecule has 3 nitrogen and oxygen atoms in total. The second kappa shape index (κ2) is 4.52. The molecule has 1 atom stereocenters. The molecule has 0 aromatic carbocycles. The number of carbonyl (C=O) groups excluding carboxylic acids is 1. The first-order valence-corrected chi connectivity index (χ1v) is 5.86. The largest absolute Gasteiger partial charge is 0.341 e. The van der Waals surface area contributed by atoms with Crippen LogP contribution in [0, 0.1) is 11.8 Å². The summed E-state index contributed by atoms with van der Waals surface area (Å²) in [6.45, 7) is 10.2. The van der Waals surface area contributed by atoms with E-state index in [-0.39, 0.29) is 5.91 Å². The fourth-order valence-corrected chi connectivity index (χ4v) is 2.02. The Hall–Kier alpha value is -0.570. The van der Waals surface area contributed by atoms with Gasteiger partial charge >= 0.3 is 0 Å². The minimum absolute atomic E-state index is 0.230. The van der Waals surface area contributed by atoms with Crippen LogP contribution >= 0.6 is 0 Å². The van der Waals surface area contributed by atoms with Crippen LogP contribution in [0.25, 0.3) is 0 Å². The Bertz CT molecular complexity index is 236. The van der Waals surface area contributed by atoms with Crippen LogP contribution in [0.2, 0.25) is 0 Å². The van der Waals surface area contributed by atoms with Gasteiger partial charge in [0.1, 0.15) is 0 Å². The molecule has 1 unspecified atom stereocenters. The van der Waals surface area contributed by atoms with E-state index in [4.69, 9.17) is 0 Å². The standard InChI is InChI=1S/C12H24N2O/c1-9(2)10-6-7-14(8-10)11(15)12(3,4)13-5/h9-10,13H,6-8H2,1-5H3. The van der Waals surface area contributed by atoms with Gasteiger partial charge in [0, 0.05) is 13.1 Å². The Morgan fingerprint density at radius 1 is 1.47 bits per heavy atom. The zero-order chi connectivity index (χ0) is 11.6. The van der Waals surface area contributed by atoms with Gasteiger partial charge in [0.25, 0.3) is 0 Å². The summed E-state index contributed by atoms with van der Waals surface area (Å²) in [6, 6.07) is 0. The summed E-state index contributed by atoms with van der Waals surface area (Å²) in [5.41, 5.74) is -0.425. The van der Waals surface area contributed by atoms with E-state index in [0.717, 1.165) is 19.5 Å². The van der Waals surface area contributed by atoms with Gasteiger partial charge in [-0.1, -0.05) is 13.8 Å². The first kappa shape index (κ1) is 12.5. The van der Waals surface area contributed by atoms with E-state index in [2.05, 4.69) is 19.2 Å². The van der Waals surface area contributed by atoms with Crippen LogP contribution in [0.5, 0.6) is 0 Å². The molecular formula is C12H24N2O. The summed E-state index contributed by atoms with van der Waals surface area (Å²) in [6.07, 6.45) is 1.16. The third-order valence-electron chi connectivity index (χ3n) is 3.61. The van der Waals surface area contributed by atoms with Gasteiger partial charge in [0.15, 0.2) is 0 Å². The van der Waals surface area contributed by atoms with Crippen molar-refractivity contribution < 1.29 is 4.79 Å². The topological polar surface area (TPSA) is 32.3 Å². The van der Waals surface area contributed by atoms with Crippen molar-refractivity contribution >= 4 is 5.91 Å². The van der Waals surface area contributed by atoms with Crippen LogP contribution in [0.3, 0.4) is 0 Å². The molecular weight excluding hydrogens is 188 g/mol. The van der Waals surface area contributed by atoms with Gasteiger partial charge < -0.3 is 10.2 Å². The average molecular weight is 212 g/mol. The second-order valence-electron chi connectivity index (χ2n) is 5.42. The van der Waals surface area contributed by atoms with Crippen molar-refractivity contribution in [2.24, 2.45) is 11.8 Å². The third-order valence-corrected chi connectivity index (χ3v) is 3.61. The molecule has 0 bridgehead atoms. The molecule has 1 aliphatic rings. The highest BCUT2D eigenvalue weighted by atomic mass is 16.2. The SMILES string of the molecule is CNC(C)(C)C(=O)N1CCC(C(C)C)C1. The first-order valence-electron chi connectivity index (χ1n) is 5.86. The molecule has 88 valence electrons. The van der Waals surface area contributed by atoms with Gasteiger partial charge in [-0.2, -0.15) is 0 Å². The zero-order valence-corrected chi connectivity index (χ0v) is 10.6. The minimum Gasteiger partial charge on any atom is -0.341 e. The van der Waals surface area contributed by atoms with E-state index < -0.39 is 5.54 Å². The van der Waals surface area contributed by atoms with Crippen molar-refractivity contribution in [3.63, 3.8) is 0 Å². The molecule has 1 fully saturated rings. The Kier molecular flexibility index (Phi) is 3.77. The number of hydrogen-bond acceptors (Lipinski definition) is 2. The summed E-state index contributed by atoms with van der Waals surface area (Å²) in [5, 5.41) is 3.07. The summed E-state index contributed by atoms with van der Waals surface area (Å²) >= 11 is 0. The van der Waals surface area contributed by atoms with Crippen molar-refractivity contribution in [3.05, 3.63) is 0 Å². The van der Waals surface area contributed by atoms with Crippen LogP contribution in [0.4, 0.5) is 0 Å². The number of carbonyl (C=O) groups is 1. The van der Waals surface area contributed by atoms with E-state index in [1.807, 2.05) is 25.8 Å². The maximum Gasteiger partial charge on any atom is 0.242 e. The smallest absolute Gasteiger partial charge is 0.242 e. The van der Waals surface area contributed by atoms with Crippen LogP contribution in [0.15, 0.2) is 0 Å². The highest BCUT2D eigenvalue weighted by Crippen LogP contribution is 2.25. The maximum absolute atomic E-state index is 12.1. The molecule has 1 amide bonds. The quantitative estimate of drug-likeness (QED) is 0.768. The van der Waals surface area contributed by atoms with Crippen LogP contribution in [-0.2, 0) is 4.79 Å². The van der Waals surface area contributed by atoms with Crippen molar-refractivity contribution in [1.29, 1.82) is 0 Å². The monoisotopic (exact) mass is 212 g/mol. The van der Waals surface area contributed by atoms with Gasteiger partial charge in [-0.05, 0) is 39.2 Å². The molecule has 1 rings (SSSR count). The van der Waals surface area contributed by atoms with Crippen molar-refractivity contribution in [1.82, 2.24) is 10.2 Å². The summed E-state index contributed by atoms with van der Waals surface area (Å²) in [4.78, 5) is 14.1. The van der Waals surface area contributed by atoms with E-state index >= 15 is 0 Å². The Morgan fingerprint density at radius 2 is 2.07 bits per heavy atom.